The largest absolute Gasteiger partial charge is 0.327 e. The van der Waals surface area contributed by atoms with Gasteiger partial charge in [-0.25, -0.2) is 0 Å². The van der Waals surface area contributed by atoms with Gasteiger partial charge in [0.25, 0.3) is 0 Å². The number of ketones is 1. The lowest BCUT2D eigenvalue weighted by atomic mass is 10.0. The molecular formula is C14H23N3O. The minimum Gasteiger partial charge on any atom is -0.327 e. The van der Waals surface area contributed by atoms with Crippen molar-refractivity contribution < 1.29 is 4.79 Å². The van der Waals surface area contributed by atoms with Gasteiger partial charge in [-0.1, -0.05) is 6.92 Å². The van der Waals surface area contributed by atoms with E-state index in [0.29, 0.717) is 24.8 Å². The summed E-state index contributed by atoms with van der Waals surface area (Å²) >= 11 is 0. The molecule has 1 aliphatic carbocycles. The van der Waals surface area contributed by atoms with Crippen LogP contribution in [0.5, 0.6) is 0 Å². The third-order valence-electron chi connectivity index (χ3n) is 3.78. The molecule has 100 valence electrons. The number of carbonyl (C=O) groups is 1. The Morgan fingerprint density at radius 3 is 2.94 bits per heavy atom. The zero-order valence-electron chi connectivity index (χ0n) is 11.3. The van der Waals surface area contributed by atoms with Crippen molar-refractivity contribution in [2.24, 2.45) is 11.7 Å². The molecule has 1 fully saturated rings. The van der Waals surface area contributed by atoms with Crippen LogP contribution in [-0.2, 0) is 11.2 Å². The molecule has 0 spiro atoms. The summed E-state index contributed by atoms with van der Waals surface area (Å²) in [5, 5.41) is 4.44. The van der Waals surface area contributed by atoms with Crippen molar-refractivity contribution in [2.75, 3.05) is 0 Å². The van der Waals surface area contributed by atoms with E-state index in [9.17, 15) is 4.79 Å². The first kappa shape index (κ1) is 13.3. The second-order valence-electron chi connectivity index (χ2n) is 5.47. The molecule has 0 aliphatic heterocycles. The van der Waals surface area contributed by atoms with E-state index in [4.69, 9.17) is 5.73 Å². The van der Waals surface area contributed by atoms with Crippen molar-refractivity contribution in [2.45, 2.75) is 58.0 Å². The van der Waals surface area contributed by atoms with Crippen molar-refractivity contribution in [1.82, 2.24) is 9.78 Å². The molecule has 4 nitrogen and oxygen atoms in total. The van der Waals surface area contributed by atoms with Crippen LogP contribution in [0, 0.1) is 5.92 Å². The summed E-state index contributed by atoms with van der Waals surface area (Å²) in [6, 6.07) is 2.39. The van der Waals surface area contributed by atoms with Crippen molar-refractivity contribution in [1.29, 1.82) is 0 Å². The number of Topliss-reactive ketones (excluding diaryl/α,β-unsaturated/α-hetero) is 1. The topological polar surface area (TPSA) is 60.9 Å². The van der Waals surface area contributed by atoms with Gasteiger partial charge in [0.1, 0.15) is 5.78 Å². The number of hydrogen-bond donors (Lipinski definition) is 1. The van der Waals surface area contributed by atoms with E-state index >= 15 is 0 Å². The summed E-state index contributed by atoms with van der Waals surface area (Å²) in [6.07, 6.45) is 6.30. The summed E-state index contributed by atoms with van der Waals surface area (Å²) in [6.45, 7) is 4.26. The summed E-state index contributed by atoms with van der Waals surface area (Å²) in [7, 11) is 0. The maximum absolute atomic E-state index is 11.9. The molecule has 1 aliphatic rings. The molecule has 1 saturated carbocycles. The Kier molecular flexibility index (Phi) is 4.17. The van der Waals surface area contributed by atoms with Gasteiger partial charge in [-0.3, -0.25) is 9.48 Å². The predicted molar refractivity (Wildman–Crippen MR) is 71.3 cm³/mol. The minimum atomic E-state index is 0.0640. The van der Waals surface area contributed by atoms with Crippen LogP contribution in [0.4, 0.5) is 0 Å². The van der Waals surface area contributed by atoms with Gasteiger partial charge in [-0.15, -0.1) is 0 Å². The number of nitrogens with two attached hydrogens (primary N) is 1. The Morgan fingerprint density at radius 2 is 2.33 bits per heavy atom. The van der Waals surface area contributed by atoms with E-state index in [1.54, 1.807) is 0 Å². The summed E-state index contributed by atoms with van der Waals surface area (Å²) in [5.74, 6) is 0.801. The van der Waals surface area contributed by atoms with Crippen molar-refractivity contribution in [3.8, 4) is 0 Å². The average molecular weight is 249 g/mol. The molecule has 1 aromatic rings. The van der Waals surface area contributed by atoms with Gasteiger partial charge in [-0.2, -0.15) is 5.10 Å². The highest BCUT2D eigenvalue weighted by molar-refractivity contribution is 5.81. The fourth-order valence-corrected chi connectivity index (χ4v) is 2.13. The van der Waals surface area contributed by atoms with Crippen LogP contribution in [0.25, 0.3) is 0 Å². The normalized spacial score (nSPS) is 18.6. The Bertz CT molecular complexity index is 409. The van der Waals surface area contributed by atoms with E-state index in [0.717, 1.165) is 12.1 Å². The van der Waals surface area contributed by atoms with Gasteiger partial charge < -0.3 is 5.73 Å². The molecule has 2 atom stereocenters. The van der Waals surface area contributed by atoms with Crippen LogP contribution < -0.4 is 5.73 Å². The third-order valence-corrected chi connectivity index (χ3v) is 3.78. The molecule has 0 bridgehead atoms. The number of aromatic nitrogens is 2. The lowest BCUT2D eigenvalue weighted by Crippen LogP contribution is -2.26. The molecule has 2 N–H and O–H groups in total. The molecule has 0 amide bonds. The lowest BCUT2D eigenvalue weighted by Gasteiger charge is -2.09. The molecule has 2 unspecified atom stereocenters. The van der Waals surface area contributed by atoms with E-state index in [2.05, 4.69) is 18.9 Å². The van der Waals surface area contributed by atoms with Gasteiger partial charge in [0, 0.05) is 24.7 Å². The quantitative estimate of drug-likeness (QED) is 0.805. The van der Waals surface area contributed by atoms with Gasteiger partial charge in [-0.05, 0) is 38.2 Å². The zero-order valence-corrected chi connectivity index (χ0v) is 11.3. The second kappa shape index (κ2) is 5.65. The van der Waals surface area contributed by atoms with Crippen LogP contribution in [0.1, 0.15) is 51.3 Å². The maximum atomic E-state index is 11.9. The van der Waals surface area contributed by atoms with Gasteiger partial charge in [0.05, 0.1) is 12.1 Å². The van der Waals surface area contributed by atoms with Gasteiger partial charge in [0.2, 0.25) is 0 Å². The first-order valence-corrected chi connectivity index (χ1v) is 6.91. The highest BCUT2D eigenvalue weighted by Gasteiger charge is 2.29. The van der Waals surface area contributed by atoms with Crippen molar-refractivity contribution in [3.05, 3.63) is 18.0 Å². The number of carbonyl (C=O) groups excluding carboxylic acids is 1. The molecule has 0 saturated heterocycles. The smallest absolute Gasteiger partial charge is 0.140 e. The second-order valence-corrected chi connectivity index (χ2v) is 5.47. The molecule has 18 heavy (non-hydrogen) atoms. The Hall–Kier alpha value is -1.16. The van der Waals surface area contributed by atoms with Gasteiger partial charge in [0.15, 0.2) is 0 Å². The van der Waals surface area contributed by atoms with Crippen LogP contribution in [0.15, 0.2) is 12.3 Å². The third kappa shape index (κ3) is 3.42. The lowest BCUT2D eigenvalue weighted by molar-refractivity contribution is -0.118. The highest BCUT2D eigenvalue weighted by atomic mass is 16.1. The zero-order chi connectivity index (χ0) is 13.1. The van der Waals surface area contributed by atoms with E-state index in [-0.39, 0.29) is 11.8 Å². The van der Waals surface area contributed by atoms with Crippen LogP contribution in [0.3, 0.4) is 0 Å². The molecule has 2 rings (SSSR count). The fourth-order valence-electron chi connectivity index (χ4n) is 2.13. The van der Waals surface area contributed by atoms with Crippen LogP contribution in [-0.4, -0.2) is 21.6 Å². The standard InChI is InChI=1S/C14H23N3O/c1-3-10(2)17-7-6-12(16-17)8-13(18)9-14(15)11-4-5-11/h6-7,10-11,14H,3-5,8-9,15H2,1-2H3. The molecular weight excluding hydrogens is 226 g/mol. The highest BCUT2D eigenvalue weighted by Crippen LogP contribution is 2.32. The van der Waals surface area contributed by atoms with E-state index in [1.807, 2.05) is 16.9 Å². The summed E-state index contributed by atoms with van der Waals surface area (Å²) in [4.78, 5) is 11.9. The van der Waals surface area contributed by atoms with Crippen LogP contribution >= 0.6 is 0 Å². The Balaban J connectivity index is 1.84. The van der Waals surface area contributed by atoms with E-state index < -0.39 is 0 Å². The summed E-state index contributed by atoms with van der Waals surface area (Å²) < 4.78 is 1.93. The van der Waals surface area contributed by atoms with E-state index in [1.165, 1.54) is 12.8 Å². The predicted octanol–water partition coefficient (Wildman–Crippen LogP) is 2.09. The first-order valence-electron chi connectivity index (χ1n) is 6.91. The molecule has 0 radical (unpaired) electrons. The number of hydrogen-bond acceptors (Lipinski definition) is 3. The number of rotatable bonds is 7. The summed E-state index contributed by atoms with van der Waals surface area (Å²) in [5.41, 5.74) is 6.83. The van der Waals surface area contributed by atoms with Crippen LogP contribution in [0.2, 0.25) is 0 Å². The van der Waals surface area contributed by atoms with Crippen molar-refractivity contribution in [3.63, 3.8) is 0 Å². The Labute approximate surface area is 109 Å². The SMILES string of the molecule is CCC(C)n1ccc(CC(=O)CC(N)C2CC2)n1. The minimum absolute atomic E-state index is 0.0640. The molecule has 1 heterocycles. The molecule has 4 heteroatoms. The fraction of sp³-hybridized carbons (Fsp3) is 0.714. The first-order chi connectivity index (χ1) is 8.60. The molecule has 0 aromatic carbocycles. The van der Waals surface area contributed by atoms with Crippen molar-refractivity contribution >= 4 is 5.78 Å². The Morgan fingerprint density at radius 1 is 1.61 bits per heavy atom. The number of nitrogens with zero attached hydrogens (tertiary/aromatic N) is 2. The molecule has 1 aromatic heterocycles. The van der Waals surface area contributed by atoms with Gasteiger partial charge >= 0.3 is 0 Å². The monoisotopic (exact) mass is 249 g/mol. The maximum Gasteiger partial charge on any atom is 0.140 e. The average Bonchev–Trinajstić information content (AvgIpc) is 3.09.